The van der Waals surface area contributed by atoms with Crippen molar-refractivity contribution in [1.82, 2.24) is 9.55 Å². The van der Waals surface area contributed by atoms with Gasteiger partial charge >= 0.3 is 5.97 Å². The molecule has 7 nitrogen and oxygen atoms in total. The molecule has 1 aromatic heterocycles. The summed E-state index contributed by atoms with van der Waals surface area (Å²) in [5, 5.41) is 10.8. The molecule has 0 aliphatic carbocycles. The molecular formula is C17H20ClN3O4. The largest absolute Gasteiger partial charge is 0.347 e. The lowest BCUT2D eigenvalue weighted by atomic mass is 10.2. The van der Waals surface area contributed by atoms with E-state index in [1.807, 2.05) is 11.5 Å². The van der Waals surface area contributed by atoms with Crippen molar-refractivity contribution in [2.45, 2.75) is 46.1 Å². The fraction of sp³-hybridized carbons (Fsp3) is 0.412. The van der Waals surface area contributed by atoms with Crippen LogP contribution in [-0.4, -0.2) is 20.4 Å². The van der Waals surface area contributed by atoms with Crippen molar-refractivity contribution in [3.8, 4) is 0 Å². The fourth-order valence-corrected chi connectivity index (χ4v) is 2.73. The average molecular weight is 366 g/mol. The fourth-order valence-electron chi connectivity index (χ4n) is 2.67. The first kappa shape index (κ1) is 18.9. The Labute approximate surface area is 150 Å². The highest BCUT2D eigenvalue weighted by Gasteiger charge is 2.18. The molecule has 8 heteroatoms. The van der Waals surface area contributed by atoms with Crippen molar-refractivity contribution in [2.75, 3.05) is 0 Å². The molecule has 0 aliphatic heterocycles. The van der Waals surface area contributed by atoms with Crippen LogP contribution in [0.4, 0.5) is 5.69 Å². The van der Waals surface area contributed by atoms with Crippen LogP contribution in [0.2, 0.25) is 0 Å². The van der Waals surface area contributed by atoms with E-state index in [2.05, 4.69) is 16.2 Å². The van der Waals surface area contributed by atoms with Crippen LogP contribution in [-0.2, 0) is 28.5 Å². The third-order valence-corrected chi connectivity index (χ3v) is 4.16. The van der Waals surface area contributed by atoms with Gasteiger partial charge in [-0.3, -0.25) is 14.9 Å². The summed E-state index contributed by atoms with van der Waals surface area (Å²) in [4.78, 5) is 26.5. The minimum absolute atomic E-state index is 0.0292. The lowest BCUT2D eigenvalue weighted by Gasteiger charge is -2.12. The van der Waals surface area contributed by atoms with E-state index in [4.69, 9.17) is 11.9 Å². The number of unbranched alkanes of at least 4 members (excludes halogenated alkanes) is 1. The second-order valence-electron chi connectivity index (χ2n) is 5.80. The van der Waals surface area contributed by atoms with Gasteiger partial charge in [-0.05, 0) is 18.9 Å². The molecule has 0 saturated carbocycles. The maximum Gasteiger partial charge on any atom is 0.330 e. The molecule has 0 spiro atoms. The molecule has 0 aliphatic rings. The summed E-state index contributed by atoms with van der Waals surface area (Å²) in [5.74, 6) is 0.340. The van der Waals surface area contributed by atoms with Crippen LogP contribution < -0.4 is 0 Å². The van der Waals surface area contributed by atoms with Gasteiger partial charge in [0.1, 0.15) is 17.7 Å². The molecule has 2 rings (SSSR count). The number of benzene rings is 1. The Kier molecular flexibility index (Phi) is 6.52. The summed E-state index contributed by atoms with van der Waals surface area (Å²) in [7, 11) is 0. The van der Waals surface area contributed by atoms with E-state index in [0.29, 0.717) is 6.54 Å². The predicted molar refractivity (Wildman–Crippen MR) is 93.4 cm³/mol. The lowest BCUT2D eigenvalue weighted by Crippen LogP contribution is -2.13. The molecule has 0 bridgehead atoms. The summed E-state index contributed by atoms with van der Waals surface area (Å²) in [6.07, 6.45) is 2.83. The number of hydrogen-bond donors (Lipinski definition) is 0. The number of non-ortho nitro benzene ring substituents is 1. The first-order valence-electron chi connectivity index (χ1n) is 8.05. The van der Waals surface area contributed by atoms with Crippen molar-refractivity contribution in [1.29, 1.82) is 0 Å². The van der Waals surface area contributed by atoms with E-state index in [9.17, 15) is 14.9 Å². The Morgan fingerprint density at radius 1 is 1.36 bits per heavy atom. The molecule has 0 fully saturated rings. The lowest BCUT2D eigenvalue weighted by molar-refractivity contribution is -0.384. The predicted octanol–water partition coefficient (Wildman–Crippen LogP) is 3.73. The zero-order valence-corrected chi connectivity index (χ0v) is 15.0. The zero-order chi connectivity index (χ0) is 18.4. The second kappa shape index (κ2) is 8.62. The quantitative estimate of drug-likeness (QED) is 0.525. The van der Waals surface area contributed by atoms with E-state index in [-0.39, 0.29) is 12.1 Å². The number of aryl methyl sites for hydroxylation is 2. The van der Waals surface area contributed by atoms with Crippen molar-refractivity contribution in [2.24, 2.45) is 0 Å². The Morgan fingerprint density at radius 2 is 2.04 bits per heavy atom. The van der Waals surface area contributed by atoms with E-state index in [0.717, 1.165) is 42.0 Å². The van der Waals surface area contributed by atoms with Gasteiger partial charge in [-0.25, -0.2) is 4.98 Å². The molecule has 0 N–H and O–H groups in total. The van der Waals surface area contributed by atoms with E-state index < -0.39 is 10.9 Å². The second-order valence-corrected chi connectivity index (χ2v) is 5.95. The van der Waals surface area contributed by atoms with Crippen LogP contribution in [0, 0.1) is 17.0 Å². The monoisotopic (exact) mass is 365 g/mol. The number of hydrogen-bond acceptors (Lipinski definition) is 5. The topological polar surface area (TPSA) is 87.3 Å². The SMILES string of the molecule is CCCCc1nc(C)c(CC(=O)OCl)n1Cc1ccc([N+](=O)[O-])cc1. The number of carbonyl (C=O) groups excluding carboxylic acids is 1. The van der Waals surface area contributed by atoms with E-state index >= 15 is 0 Å². The van der Waals surface area contributed by atoms with Crippen LogP contribution in [0.15, 0.2) is 24.3 Å². The number of rotatable bonds is 8. The highest BCUT2D eigenvalue weighted by molar-refractivity contribution is 6.13. The number of carbonyl (C=O) groups is 1. The molecule has 1 heterocycles. The number of nitro benzene ring substituents is 1. The van der Waals surface area contributed by atoms with Gasteiger partial charge in [0.05, 0.1) is 22.7 Å². The molecule has 1 aromatic carbocycles. The standard InChI is InChI=1S/C17H20ClN3O4/c1-3-4-5-16-19-12(2)15(10-17(22)25-18)20(16)11-13-6-8-14(9-7-13)21(23)24/h6-9H,3-5,10-11H2,1-2H3. The number of halogens is 1. The maximum atomic E-state index is 11.6. The van der Waals surface area contributed by atoms with Crippen LogP contribution in [0.1, 0.15) is 42.5 Å². The summed E-state index contributed by atoms with van der Waals surface area (Å²) >= 11 is 5.16. The Bertz CT molecular complexity index is 756. The first-order chi connectivity index (χ1) is 12.0. The van der Waals surface area contributed by atoms with Crippen molar-refractivity contribution >= 4 is 23.5 Å². The van der Waals surface area contributed by atoms with Gasteiger partial charge in [-0.15, -0.1) is 0 Å². The van der Waals surface area contributed by atoms with Crippen molar-refractivity contribution < 1.29 is 14.0 Å². The van der Waals surface area contributed by atoms with Gasteiger partial charge in [0, 0.05) is 25.1 Å². The third kappa shape index (κ3) is 4.79. The highest BCUT2D eigenvalue weighted by atomic mass is 35.5. The van der Waals surface area contributed by atoms with E-state index in [1.165, 1.54) is 12.1 Å². The smallest absolute Gasteiger partial charge is 0.330 e. The zero-order valence-electron chi connectivity index (χ0n) is 14.2. The van der Waals surface area contributed by atoms with E-state index in [1.54, 1.807) is 12.1 Å². The first-order valence-corrected chi connectivity index (χ1v) is 8.36. The normalized spacial score (nSPS) is 10.7. The van der Waals surface area contributed by atoms with Gasteiger partial charge in [0.25, 0.3) is 5.69 Å². The van der Waals surface area contributed by atoms with Crippen molar-refractivity contribution in [3.05, 3.63) is 57.2 Å². The number of imidazole rings is 1. The van der Waals surface area contributed by atoms with Crippen LogP contribution in [0.25, 0.3) is 0 Å². The van der Waals surface area contributed by atoms with Crippen LogP contribution in [0.5, 0.6) is 0 Å². The molecule has 25 heavy (non-hydrogen) atoms. The summed E-state index contributed by atoms with van der Waals surface area (Å²) < 4.78 is 6.24. The number of nitrogens with zero attached hydrogens (tertiary/aromatic N) is 3. The Hall–Kier alpha value is -2.41. The van der Waals surface area contributed by atoms with Gasteiger partial charge in [-0.2, -0.15) is 0 Å². The minimum atomic E-state index is -0.545. The molecular weight excluding hydrogens is 346 g/mol. The molecule has 0 unspecified atom stereocenters. The van der Waals surface area contributed by atoms with Crippen LogP contribution >= 0.6 is 11.9 Å². The third-order valence-electron chi connectivity index (χ3n) is 3.99. The van der Waals surface area contributed by atoms with Crippen LogP contribution in [0.3, 0.4) is 0 Å². The van der Waals surface area contributed by atoms with Gasteiger partial charge in [-0.1, -0.05) is 25.5 Å². The molecule has 134 valence electrons. The molecule has 0 saturated heterocycles. The molecule has 0 amide bonds. The maximum absolute atomic E-state index is 11.6. The van der Waals surface area contributed by atoms with Gasteiger partial charge in [0.15, 0.2) is 0 Å². The summed E-state index contributed by atoms with van der Waals surface area (Å²) in [6, 6.07) is 6.36. The average Bonchev–Trinajstić information content (AvgIpc) is 2.88. The van der Waals surface area contributed by atoms with Crippen molar-refractivity contribution in [3.63, 3.8) is 0 Å². The molecule has 2 aromatic rings. The van der Waals surface area contributed by atoms with Gasteiger partial charge in [0.2, 0.25) is 0 Å². The summed E-state index contributed by atoms with van der Waals surface area (Å²) in [6.45, 7) is 4.42. The minimum Gasteiger partial charge on any atom is -0.347 e. The van der Waals surface area contributed by atoms with Gasteiger partial charge < -0.3 is 8.86 Å². The number of aromatic nitrogens is 2. The summed E-state index contributed by atoms with van der Waals surface area (Å²) in [5.41, 5.74) is 2.44. The Morgan fingerprint density at radius 3 is 2.60 bits per heavy atom. The number of nitro groups is 1. The molecule has 0 atom stereocenters. The highest BCUT2D eigenvalue weighted by Crippen LogP contribution is 2.19. The molecule has 0 radical (unpaired) electrons. The Balaban J connectivity index is 2.34.